The van der Waals surface area contributed by atoms with Gasteiger partial charge in [0.15, 0.2) is 0 Å². The van der Waals surface area contributed by atoms with Crippen LogP contribution in [0.4, 0.5) is 0 Å². The second-order valence-electron chi connectivity index (χ2n) is 11.2. The van der Waals surface area contributed by atoms with Gasteiger partial charge in [-0.15, -0.1) is 0 Å². The van der Waals surface area contributed by atoms with Crippen molar-refractivity contribution >= 4 is 34.4 Å². The minimum absolute atomic E-state index is 0.156. The van der Waals surface area contributed by atoms with E-state index in [1.807, 2.05) is 19.1 Å². The second-order valence-corrected chi connectivity index (χ2v) is 12.0. The summed E-state index contributed by atoms with van der Waals surface area (Å²) in [4.78, 5) is 23.2. The molecule has 5 heteroatoms. The maximum atomic E-state index is 11.7. The van der Waals surface area contributed by atoms with Crippen molar-refractivity contribution in [3.05, 3.63) is 120 Å². The van der Waals surface area contributed by atoms with Gasteiger partial charge in [0, 0.05) is 28.3 Å². The molecule has 0 radical (unpaired) electrons. The van der Waals surface area contributed by atoms with Gasteiger partial charge in [0.1, 0.15) is 0 Å². The first kappa shape index (κ1) is 29.1. The highest BCUT2D eigenvalue weighted by molar-refractivity contribution is 14.1. The van der Waals surface area contributed by atoms with Crippen molar-refractivity contribution in [2.45, 2.75) is 44.7 Å². The molecule has 0 bridgehead atoms. The number of carbonyl (C=O) groups is 2. The minimum atomic E-state index is 0.156. The molecule has 2 amide bonds. The third kappa shape index (κ3) is 7.85. The molecule has 2 N–H and O–H groups in total. The number of amides is 2. The molecular formula is C36H37IN2O2. The molecule has 2 unspecified atom stereocenters. The average Bonchev–Trinajstić information content (AvgIpc) is 3.53. The van der Waals surface area contributed by atoms with Crippen LogP contribution >= 0.6 is 22.6 Å². The topological polar surface area (TPSA) is 58.2 Å². The van der Waals surface area contributed by atoms with E-state index >= 15 is 0 Å². The third-order valence-corrected chi connectivity index (χ3v) is 9.05. The van der Waals surface area contributed by atoms with Gasteiger partial charge in [-0.05, 0) is 59.1 Å². The van der Waals surface area contributed by atoms with Crippen LogP contribution in [0.3, 0.4) is 0 Å². The fraction of sp³-hybridized carbons (Fsp3) is 0.278. The molecule has 4 nitrogen and oxygen atoms in total. The number of alkyl halides is 1. The van der Waals surface area contributed by atoms with Gasteiger partial charge in [-0.2, -0.15) is 0 Å². The molecule has 0 aromatic heterocycles. The van der Waals surface area contributed by atoms with Crippen LogP contribution in [0.25, 0.3) is 22.3 Å². The molecular weight excluding hydrogens is 619 g/mol. The van der Waals surface area contributed by atoms with E-state index in [9.17, 15) is 9.59 Å². The zero-order valence-corrected chi connectivity index (χ0v) is 25.6. The van der Waals surface area contributed by atoms with Crippen LogP contribution < -0.4 is 10.6 Å². The van der Waals surface area contributed by atoms with E-state index in [-0.39, 0.29) is 23.7 Å². The average molecular weight is 657 g/mol. The molecule has 4 atom stereocenters. The molecule has 4 aromatic carbocycles. The predicted octanol–water partition coefficient (Wildman–Crippen LogP) is 7.26. The molecule has 2 heterocycles. The van der Waals surface area contributed by atoms with Crippen molar-refractivity contribution in [3.63, 3.8) is 0 Å². The first-order valence-corrected chi connectivity index (χ1v) is 16.0. The van der Waals surface area contributed by atoms with Gasteiger partial charge in [-0.1, -0.05) is 139 Å². The van der Waals surface area contributed by atoms with E-state index in [2.05, 4.69) is 130 Å². The second kappa shape index (κ2) is 13.9. The van der Waals surface area contributed by atoms with Crippen LogP contribution in [0.15, 0.2) is 109 Å². The summed E-state index contributed by atoms with van der Waals surface area (Å²) in [5.74, 6) is 0.758. The van der Waals surface area contributed by atoms with Crippen molar-refractivity contribution in [3.8, 4) is 22.3 Å². The monoisotopic (exact) mass is 656 g/mol. The van der Waals surface area contributed by atoms with E-state index in [0.717, 1.165) is 30.1 Å². The molecule has 2 aliphatic heterocycles. The quantitative estimate of drug-likeness (QED) is 0.163. The van der Waals surface area contributed by atoms with Crippen molar-refractivity contribution < 1.29 is 9.59 Å². The molecule has 2 aliphatic rings. The molecule has 0 saturated carbocycles. The van der Waals surface area contributed by atoms with Crippen molar-refractivity contribution in [2.24, 2.45) is 11.8 Å². The highest BCUT2D eigenvalue weighted by Crippen LogP contribution is 2.24. The Hall–Kier alpha value is -3.45. The Bertz CT molecular complexity index is 1420. The van der Waals surface area contributed by atoms with Crippen molar-refractivity contribution in [2.75, 3.05) is 4.43 Å². The van der Waals surface area contributed by atoms with E-state index < -0.39 is 0 Å². The summed E-state index contributed by atoms with van der Waals surface area (Å²) in [6.07, 6.45) is 3.75. The van der Waals surface area contributed by atoms with E-state index in [1.165, 1.54) is 33.4 Å². The van der Waals surface area contributed by atoms with Crippen LogP contribution in [0, 0.1) is 11.8 Å². The Balaban J connectivity index is 0.000000165. The zero-order chi connectivity index (χ0) is 28.6. The number of hydrogen-bond acceptors (Lipinski definition) is 2. The minimum Gasteiger partial charge on any atom is -0.353 e. The Morgan fingerprint density at radius 3 is 1.39 bits per heavy atom. The molecule has 210 valence electrons. The first-order valence-electron chi connectivity index (χ1n) is 14.4. The number of carbonyl (C=O) groups excluding carboxylic acids is 2. The molecule has 0 aliphatic carbocycles. The first-order chi connectivity index (χ1) is 20.0. The van der Waals surface area contributed by atoms with E-state index in [0.29, 0.717) is 12.1 Å². The normalized spacial score (nSPS) is 21.5. The Morgan fingerprint density at radius 2 is 1.00 bits per heavy atom. The van der Waals surface area contributed by atoms with Crippen LogP contribution in [-0.4, -0.2) is 28.3 Å². The summed E-state index contributed by atoms with van der Waals surface area (Å²) in [6.45, 7) is 1.99. The highest BCUT2D eigenvalue weighted by atomic mass is 127. The maximum Gasteiger partial charge on any atom is 0.224 e. The zero-order valence-electron chi connectivity index (χ0n) is 23.4. The lowest BCUT2D eigenvalue weighted by molar-refractivity contribution is -0.122. The summed E-state index contributed by atoms with van der Waals surface area (Å²) in [7, 11) is 0. The lowest BCUT2D eigenvalue weighted by Crippen LogP contribution is -2.28. The summed E-state index contributed by atoms with van der Waals surface area (Å²) >= 11 is 2.30. The Kier molecular flexibility index (Phi) is 9.88. The van der Waals surface area contributed by atoms with Crippen LogP contribution in [0.1, 0.15) is 30.9 Å². The van der Waals surface area contributed by atoms with Crippen LogP contribution in [0.5, 0.6) is 0 Å². The smallest absolute Gasteiger partial charge is 0.224 e. The molecule has 0 spiro atoms. The largest absolute Gasteiger partial charge is 0.353 e. The van der Waals surface area contributed by atoms with Crippen molar-refractivity contribution in [1.29, 1.82) is 0 Å². The molecule has 41 heavy (non-hydrogen) atoms. The number of hydrogen-bond donors (Lipinski definition) is 2. The molecule has 4 aromatic rings. The van der Waals surface area contributed by atoms with Gasteiger partial charge in [-0.3, -0.25) is 9.59 Å². The van der Waals surface area contributed by atoms with Gasteiger partial charge in [-0.25, -0.2) is 0 Å². The van der Waals surface area contributed by atoms with E-state index in [4.69, 9.17) is 0 Å². The highest BCUT2D eigenvalue weighted by Gasteiger charge is 2.31. The fourth-order valence-electron chi connectivity index (χ4n) is 5.66. The molecule has 2 saturated heterocycles. The SMILES string of the molecule is CC1C[C@@H](Cc2ccc(-c3ccccc3)cc2)NC1=O.O=C1N[C@H](Cc2ccc(-c3ccccc3)cc2)CC1CI. The number of rotatable bonds is 7. The summed E-state index contributed by atoms with van der Waals surface area (Å²) in [5.41, 5.74) is 7.52. The van der Waals surface area contributed by atoms with Crippen LogP contribution in [-0.2, 0) is 22.4 Å². The lowest BCUT2D eigenvalue weighted by atomic mass is 9.98. The standard InChI is InChI=1S/C18H18INO.C18H19NO/c19-12-16-11-17(20-18(16)21)10-13-6-8-15(9-7-13)14-4-2-1-3-5-14;1-13-11-17(19-18(13)20)12-14-7-9-16(10-8-14)15-5-3-2-4-6-15/h1-9,16-17H,10-12H2,(H,20,21);2-10,13,17H,11-12H2,1H3,(H,19,20)/t16?,17-;13?,17-/m10/s1. The summed E-state index contributed by atoms with van der Waals surface area (Å²) in [5, 5.41) is 6.17. The Morgan fingerprint density at radius 1 is 0.585 bits per heavy atom. The van der Waals surface area contributed by atoms with Crippen molar-refractivity contribution in [1.82, 2.24) is 10.6 Å². The molecule has 2 fully saturated rings. The van der Waals surface area contributed by atoms with Crippen LogP contribution in [0.2, 0.25) is 0 Å². The van der Waals surface area contributed by atoms with Gasteiger partial charge < -0.3 is 10.6 Å². The maximum absolute atomic E-state index is 11.7. The van der Waals surface area contributed by atoms with E-state index in [1.54, 1.807) is 0 Å². The lowest BCUT2D eigenvalue weighted by Gasteiger charge is -2.10. The van der Waals surface area contributed by atoms with Gasteiger partial charge in [0.2, 0.25) is 11.8 Å². The number of nitrogens with one attached hydrogen (secondary N) is 2. The van der Waals surface area contributed by atoms with Gasteiger partial charge in [0.25, 0.3) is 0 Å². The predicted molar refractivity (Wildman–Crippen MR) is 176 cm³/mol. The van der Waals surface area contributed by atoms with Gasteiger partial charge >= 0.3 is 0 Å². The fourth-order valence-corrected chi connectivity index (χ4v) is 6.42. The number of benzene rings is 4. The third-order valence-electron chi connectivity index (χ3n) is 7.99. The summed E-state index contributed by atoms with van der Waals surface area (Å²) in [6, 6.07) is 38.7. The Labute approximate surface area is 257 Å². The number of halogens is 1. The molecule has 6 rings (SSSR count). The van der Waals surface area contributed by atoms with Gasteiger partial charge in [0.05, 0.1) is 0 Å². The summed E-state index contributed by atoms with van der Waals surface area (Å²) < 4.78 is 0.910.